The van der Waals surface area contributed by atoms with Crippen molar-refractivity contribution >= 4 is 29.1 Å². The molecule has 124 valence electrons. The third kappa shape index (κ3) is 4.11. The number of carbonyl (C=O) groups excluding carboxylic acids is 2. The van der Waals surface area contributed by atoms with Crippen molar-refractivity contribution in [3.63, 3.8) is 0 Å². The summed E-state index contributed by atoms with van der Waals surface area (Å²) in [7, 11) is 0. The van der Waals surface area contributed by atoms with E-state index in [1.807, 2.05) is 31.2 Å². The topological polar surface area (TPSA) is 71.1 Å². The standard InChI is InChI=1S/C18H18ClN3O2/c1-11(21-18(24)14-6-9-16(19)20-10-14)12-4-7-15(8-5-12)22-17(23)13-2-3-13/h4-11,13H,2-3H2,1H3,(H,21,24)(H,22,23). The Balaban J connectivity index is 1.59. The van der Waals surface area contributed by atoms with Crippen LogP contribution in [0.15, 0.2) is 42.6 Å². The zero-order valence-electron chi connectivity index (χ0n) is 13.3. The van der Waals surface area contributed by atoms with Gasteiger partial charge in [0.25, 0.3) is 5.91 Å². The number of pyridine rings is 1. The normalized spacial score (nSPS) is 14.8. The molecule has 24 heavy (non-hydrogen) atoms. The molecule has 1 atom stereocenters. The number of aromatic nitrogens is 1. The molecule has 2 N–H and O–H groups in total. The van der Waals surface area contributed by atoms with Gasteiger partial charge < -0.3 is 10.6 Å². The van der Waals surface area contributed by atoms with Crippen molar-refractivity contribution in [3.8, 4) is 0 Å². The van der Waals surface area contributed by atoms with E-state index >= 15 is 0 Å². The summed E-state index contributed by atoms with van der Waals surface area (Å²) in [6.45, 7) is 1.90. The fraction of sp³-hybridized carbons (Fsp3) is 0.278. The number of benzene rings is 1. The van der Waals surface area contributed by atoms with Gasteiger partial charge in [0, 0.05) is 17.8 Å². The molecule has 5 nitrogen and oxygen atoms in total. The van der Waals surface area contributed by atoms with Gasteiger partial charge in [-0.1, -0.05) is 23.7 Å². The summed E-state index contributed by atoms with van der Waals surface area (Å²) in [5.41, 5.74) is 2.19. The second kappa shape index (κ2) is 7.01. The summed E-state index contributed by atoms with van der Waals surface area (Å²) in [4.78, 5) is 27.8. The molecular weight excluding hydrogens is 326 g/mol. The number of halogens is 1. The molecule has 1 aromatic carbocycles. The third-order valence-corrected chi connectivity index (χ3v) is 4.19. The lowest BCUT2D eigenvalue weighted by atomic mass is 10.1. The zero-order valence-corrected chi connectivity index (χ0v) is 14.0. The SMILES string of the molecule is CC(NC(=O)c1ccc(Cl)nc1)c1ccc(NC(=O)C2CC2)cc1. The Morgan fingerprint density at radius 1 is 1.17 bits per heavy atom. The molecule has 0 spiro atoms. The lowest BCUT2D eigenvalue weighted by molar-refractivity contribution is -0.117. The lowest BCUT2D eigenvalue weighted by Crippen LogP contribution is -2.26. The van der Waals surface area contributed by atoms with E-state index in [-0.39, 0.29) is 23.8 Å². The summed E-state index contributed by atoms with van der Waals surface area (Å²) in [5, 5.41) is 6.16. The molecule has 0 aliphatic heterocycles. The minimum absolute atomic E-state index is 0.0827. The highest BCUT2D eigenvalue weighted by atomic mass is 35.5. The van der Waals surface area contributed by atoms with Gasteiger partial charge in [-0.2, -0.15) is 0 Å². The Morgan fingerprint density at radius 2 is 1.88 bits per heavy atom. The third-order valence-electron chi connectivity index (χ3n) is 3.96. The molecule has 1 aliphatic carbocycles. The van der Waals surface area contributed by atoms with Crippen LogP contribution >= 0.6 is 11.6 Å². The van der Waals surface area contributed by atoms with E-state index < -0.39 is 0 Å². The summed E-state index contributed by atoms with van der Waals surface area (Å²) in [6, 6.07) is 10.5. The van der Waals surface area contributed by atoms with Gasteiger partial charge >= 0.3 is 0 Å². The van der Waals surface area contributed by atoms with Gasteiger partial charge in [-0.05, 0) is 49.6 Å². The molecule has 0 radical (unpaired) electrons. The van der Waals surface area contributed by atoms with Crippen LogP contribution in [0, 0.1) is 5.92 Å². The number of hydrogen-bond acceptors (Lipinski definition) is 3. The highest BCUT2D eigenvalue weighted by Gasteiger charge is 2.29. The van der Waals surface area contributed by atoms with Gasteiger partial charge in [0.05, 0.1) is 11.6 Å². The Morgan fingerprint density at radius 3 is 2.46 bits per heavy atom. The molecule has 2 aromatic rings. The fourth-order valence-corrected chi connectivity index (χ4v) is 2.43. The van der Waals surface area contributed by atoms with Crippen LogP contribution in [0.1, 0.15) is 41.7 Å². The largest absolute Gasteiger partial charge is 0.345 e. The van der Waals surface area contributed by atoms with Crippen LogP contribution in [-0.2, 0) is 4.79 Å². The first-order chi connectivity index (χ1) is 11.5. The molecule has 1 heterocycles. The average molecular weight is 344 g/mol. The van der Waals surface area contributed by atoms with Crippen molar-refractivity contribution in [1.29, 1.82) is 0 Å². The Kier molecular flexibility index (Phi) is 4.81. The van der Waals surface area contributed by atoms with Crippen molar-refractivity contribution in [2.45, 2.75) is 25.8 Å². The van der Waals surface area contributed by atoms with E-state index in [9.17, 15) is 9.59 Å². The van der Waals surface area contributed by atoms with Crippen LogP contribution in [0.5, 0.6) is 0 Å². The predicted octanol–water partition coefficient (Wildman–Crippen LogP) is 3.57. The molecule has 1 saturated carbocycles. The monoisotopic (exact) mass is 343 g/mol. The van der Waals surface area contributed by atoms with Crippen molar-refractivity contribution in [2.24, 2.45) is 5.92 Å². The van der Waals surface area contributed by atoms with Crippen molar-refractivity contribution < 1.29 is 9.59 Å². The van der Waals surface area contributed by atoms with Crippen LogP contribution in [0.25, 0.3) is 0 Å². The maximum atomic E-state index is 12.2. The quantitative estimate of drug-likeness (QED) is 0.815. The Labute approximate surface area is 145 Å². The zero-order chi connectivity index (χ0) is 17.1. The van der Waals surface area contributed by atoms with Crippen LogP contribution in [0.2, 0.25) is 5.15 Å². The number of amides is 2. The van der Waals surface area contributed by atoms with Crippen molar-refractivity contribution in [1.82, 2.24) is 10.3 Å². The smallest absolute Gasteiger partial charge is 0.253 e. The van der Waals surface area contributed by atoms with E-state index in [2.05, 4.69) is 15.6 Å². The number of hydrogen-bond donors (Lipinski definition) is 2. The lowest BCUT2D eigenvalue weighted by Gasteiger charge is -2.15. The summed E-state index contributed by atoms with van der Waals surface area (Å²) in [6.07, 6.45) is 3.40. The molecule has 1 unspecified atom stereocenters. The van der Waals surface area contributed by atoms with Gasteiger partial charge in [0.1, 0.15) is 5.15 Å². The fourth-order valence-electron chi connectivity index (χ4n) is 2.32. The van der Waals surface area contributed by atoms with Gasteiger partial charge in [0.15, 0.2) is 0 Å². The Bertz CT molecular complexity index is 740. The van der Waals surface area contributed by atoms with E-state index in [1.54, 1.807) is 12.1 Å². The molecule has 1 fully saturated rings. The first-order valence-corrected chi connectivity index (χ1v) is 8.24. The molecular formula is C18H18ClN3O2. The molecule has 3 rings (SSSR count). The summed E-state index contributed by atoms with van der Waals surface area (Å²) >= 11 is 5.72. The van der Waals surface area contributed by atoms with Crippen LogP contribution < -0.4 is 10.6 Å². The molecule has 0 bridgehead atoms. The maximum Gasteiger partial charge on any atom is 0.253 e. The highest BCUT2D eigenvalue weighted by molar-refractivity contribution is 6.29. The van der Waals surface area contributed by atoms with Gasteiger partial charge in [0.2, 0.25) is 5.91 Å². The van der Waals surface area contributed by atoms with Crippen molar-refractivity contribution in [2.75, 3.05) is 5.32 Å². The Hall–Kier alpha value is -2.40. The van der Waals surface area contributed by atoms with E-state index in [4.69, 9.17) is 11.6 Å². The molecule has 1 aromatic heterocycles. The summed E-state index contributed by atoms with van der Waals surface area (Å²) < 4.78 is 0. The van der Waals surface area contributed by atoms with E-state index in [1.165, 1.54) is 6.20 Å². The predicted molar refractivity (Wildman–Crippen MR) is 92.9 cm³/mol. The number of anilines is 1. The van der Waals surface area contributed by atoms with E-state index in [0.717, 1.165) is 24.1 Å². The van der Waals surface area contributed by atoms with Crippen LogP contribution in [0.3, 0.4) is 0 Å². The number of nitrogens with zero attached hydrogens (tertiary/aromatic N) is 1. The molecule has 2 amide bonds. The van der Waals surface area contributed by atoms with Gasteiger partial charge in [-0.25, -0.2) is 4.98 Å². The molecule has 6 heteroatoms. The minimum atomic E-state index is -0.210. The minimum Gasteiger partial charge on any atom is -0.345 e. The number of rotatable bonds is 5. The van der Waals surface area contributed by atoms with Gasteiger partial charge in [-0.3, -0.25) is 9.59 Å². The molecule has 1 aliphatic rings. The first-order valence-electron chi connectivity index (χ1n) is 7.86. The second-order valence-electron chi connectivity index (χ2n) is 5.95. The van der Waals surface area contributed by atoms with Crippen LogP contribution in [-0.4, -0.2) is 16.8 Å². The van der Waals surface area contributed by atoms with Gasteiger partial charge in [-0.15, -0.1) is 0 Å². The van der Waals surface area contributed by atoms with E-state index in [0.29, 0.717) is 10.7 Å². The highest BCUT2D eigenvalue weighted by Crippen LogP contribution is 2.30. The summed E-state index contributed by atoms with van der Waals surface area (Å²) in [5.74, 6) is 0.0491. The second-order valence-corrected chi connectivity index (χ2v) is 6.34. The number of carbonyl (C=O) groups is 2. The van der Waals surface area contributed by atoms with Crippen molar-refractivity contribution in [3.05, 3.63) is 58.9 Å². The maximum absolute atomic E-state index is 12.2. The molecule has 0 saturated heterocycles. The number of nitrogens with one attached hydrogen (secondary N) is 2. The first kappa shape index (κ1) is 16.5. The average Bonchev–Trinajstić information content (AvgIpc) is 3.41. The van der Waals surface area contributed by atoms with Crippen LogP contribution in [0.4, 0.5) is 5.69 Å².